The Labute approximate surface area is 116 Å². The maximum atomic E-state index is 12.4. The van der Waals surface area contributed by atoms with Crippen LogP contribution in [0.1, 0.15) is 16.1 Å². The standard InChI is InChI=1S/C15H13N3O2/c19-14-10-18(15(20)13-7-3-4-8-16-13)9-11-5-1-2-6-12(11)17-14/h1-8H,9-10H2,(H,17,19). The van der Waals surface area contributed by atoms with Gasteiger partial charge >= 0.3 is 0 Å². The van der Waals surface area contributed by atoms with Gasteiger partial charge in [-0.3, -0.25) is 14.6 Å². The Kier molecular flexibility index (Phi) is 3.16. The zero-order valence-corrected chi connectivity index (χ0v) is 10.7. The van der Waals surface area contributed by atoms with E-state index in [0.29, 0.717) is 12.2 Å². The van der Waals surface area contributed by atoms with Crippen molar-refractivity contribution >= 4 is 17.5 Å². The highest BCUT2D eigenvalue weighted by Crippen LogP contribution is 2.21. The fourth-order valence-electron chi connectivity index (χ4n) is 2.20. The van der Waals surface area contributed by atoms with Gasteiger partial charge in [0.1, 0.15) is 12.2 Å². The summed E-state index contributed by atoms with van der Waals surface area (Å²) < 4.78 is 0. The minimum absolute atomic E-state index is 0.0318. The molecule has 0 saturated carbocycles. The van der Waals surface area contributed by atoms with Gasteiger partial charge in [-0.15, -0.1) is 0 Å². The molecule has 3 rings (SSSR count). The van der Waals surface area contributed by atoms with E-state index in [9.17, 15) is 9.59 Å². The molecule has 1 N–H and O–H groups in total. The van der Waals surface area contributed by atoms with E-state index >= 15 is 0 Å². The van der Waals surface area contributed by atoms with E-state index in [1.807, 2.05) is 24.3 Å². The van der Waals surface area contributed by atoms with Crippen molar-refractivity contribution in [2.24, 2.45) is 0 Å². The number of pyridine rings is 1. The van der Waals surface area contributed by atoms with E-state index in [4.69, 9.17) is 0 Å². The van der Waals surface area contributed by atoms with Crippen LogP contribution in [0.5, 0.6) is 0 Å². The normalized spacial score (nSPS) is 14.2. The molecule has 0 atom stereocenters. The molecule has 1 aliphatic rings. The van der Waals surface area contributed by atoms with Crippen LogP contribution in [0.25, 0.3) is 0 Å². The summed E-state index contributed by atoms with van der Waals surface area (Å²) in [6.45, 7) is 0.425. The third-order valence-electron chi connectivity index (χ3n) is 3.16. The van der Waals surface area contributed by atoms with Gasteiger partial charge < -0.3 is 10.2 Å². The molecule has 1 aliphatic heterocycles. The molecule has 100 valence electrons. The highest BCUT2D eigenvalue weighted by atomic mass is 16.2. The number of fused-ring (bicyclic) bond motifs is 1. The average molecular weight is 267 g/mol. The smallest absolute Gasteiger partial charge is 0.273 e. The number of hydrogen-bond acceptors (Lipinski definition) is 3. The van der Waals surface area contributed by atoms with Gasteiger partial charge in [0.2, 0.25) is 5.91 Å². The molecule has 20 heavy (non-hydrogen) atoms. The molecule has 1 aromatic heterocycles. The van der Waals surface area contributed by atoms with E-state index < -0.39 is 0 Å². The van der Waals surface area contributed by atoms with E-state index in [0.717, 1.165) is 11.3 Å². The van der Waals surface area contributed by atoms with Crippen molar-refractivity contribution in [3.05, 3.63) is 59.9 Å². The first-order valence-electron chi connectivity index (χ1n) is 6.32. The Morgan fingerprint density at radius 2 is 1.90 bits per heavy atom. The van der Waals surface area contributed by atoms with Gasteiger partial charge in [0, 0.05) is 18.4 Å². The molecule has 0 spiro atoms. The lowest BCUT2D eigenvalue weighted by molar-refractivity contribution is -0.116. The van der Waals surface area contributed by atoms with E-state index in [1.54, 1.807) is 24.4 Å². The third-order valence-corrected chi connectivity index (χ3v) is 3.16. The average Bonchev–Trinajstić information content (AvgIpc) is 2.65. The molecule has 0 bridgehead atoms. The molecule has 1 aromatic carbocycles. The number of nitrogens with zero attached hydrogens (tertiary/aromatic N) is 2. The second-order valence-corrected chi connectivity index (χ2v) is 4.58. The maximum absolute atomic E-state index is 12.4. The van der Waals surface area contributed by atoms with Crippen LogP contribution in [0, 0.1) is 0 Å². The summed E-state index contributed by atoms with van der Waals surface area (Å²) in [5.41, 5.74) is 2.02. The summed E-state index contributed by atoms with van der Waals surface area (Å²) in [7, 11) is 0. The highest BCUT2D eigenvalue weighted by Gasteiger charge is 2.24. The van der Waals surface area contributed by atoms with E-state index in [-0.39, 0.29) is 18.4 Å². The number of rotatable bonds is 1. The summed E-state index contributed by atoms with van der Waals surface area (Å²) in [5.74, 6) is -0.434. The van der Waals surface area contributed by atoms with Gasteiger partial charge in [-0.2, -0.15) is 0 Å². The Balaban J connectivity index is 1.91. The Hall–Kier alpha value is -2.69. The van der Waals surface area contributed by atoms with Gasteiger partial charge in [0.15, 0.2) is 0 Å². The van der Waals surface area contributed by atoms with Crippen LogP contribution < -0.4 is 5.32 Å². The predicted molar refractivity (Wildman–Crippen MR) is 74.0 cm³/mol. The summed E-state index contributed by atoms with van der Waals surface area (Å²) in [4.78, 5) is 29.8. The fraction of sp³-hybridized carbons (Fsp3) is 0.133. The van der Waals surface area contributed by atoms with E-state index in [2.05, 4.69) is 10.3 Å². The van der Waals surface area contributed by atoms with Crippen LogP contribution in [0.4, 0.5) is 5.69 Å². The van der Waals surface area contributed by atoms with Crippen molar-refractivity contribution in [2.45, 2.75) is 6.54 Å². The molecule has 5 nitrogen and oxygen atoms in total. The van der Waals surface area contributed by atoms with Crippen molar-refractivity contribution in [1.82, 2.24) is 9.88 Å². The summed E-state index contributed by atoms with van der Waals surface area (Å²) in [6, 6.07) is 12.6. The minimum atomic E-state index is -0.238. The van der Waals surface area contributed by atoms with Gasteiger partial charge in [0.25, 0.3) is 5.91 Å². The fourth-order valence-corrected chi connectivity index (χ4v) is 2.20. The molecule has 0 radical (unpaired) electrons. The zero-order chi connectivity index (χ0) is 13.9. The van der Waals surface area contributed by atoms with Gasteiger partial charge in [-0.1, -0.05) is 24.3 Å². The van der Waals surface area contributed by atoms with Crippen molar-refractivity contribution in [3.63, 3.8) is 0 Å². The number of carbonyl (C=O) groups excluding carboxylic acids is 2. The number of carbonyl (C=O) groups is 2. The number of benzene rings is 1. The molecular weight excluding hydrogens is 254 g/mol. The van der Waals surface area contributed by atoms with Crippen molar-refractivity contribution in [2.75, 3.05) is 11.9 Å². The van der Waals surface area contributed by atoms with Crippen molar-refractivity contribution in [3.8, 4) is 0 Å². The van der Waals surface area contributed by atoms with Gasteiger partial charge in [-0.25, -0.2) is 0 Å². The molecular formula is C15H13N3O2. The number of aromatic nitrogens is 1. The first-order valence-corrected chi connectivity index (χ1v) is 6.32. The first-order chi connectivity index (χ1) is 9.74. The molecule has 2 aromatic rings. The Bertz CT molecular complexity index is 655. The lowest BCUT2D eigenvalue weighted by Gasteiger charge is -2.18. The van der Waals surface area contributed by atoms with Crippen molar-refractivity contribution in [1.29, 1.82) is 0 Å². The largest absolute Gasteiger partial charge is 0.324 e. The molecule has 0 unspecified atom stereocenters. The van der Waals surface area contributed by atoms with Crippen LogP contribution in [0.3, 0.4) is 0 Å². The SMILES string of the molecule is O=C1CN(C(=O)c2ccccn2)Cc2ccccc2N1. The third kappa shape index (κ3) is 2.38. The monoisotopic (exact) mass is 267 g/mol. The van der Waals surface area contributed by atoms with Crippen LogP contribution >= 0.6 is 0 Å². The predicted octanol–water partition coefficient (Wildman–Crippen LogP) is 1.68. The lowest BCUT2D eigenvalue weighted by atomic mass is 10.1. The van der Waals surface area contributed by atoms with E-state index in [1.165, 1.54) is 4.90 Å². The number of para-hydroxylation sites is 1. The second kappa shape index (κ2) is 5.13. The summed E-state index contributed by atoms with van der Waals surface area (Å²) in [6.07, 6.45) is 1.57. The minimum Gasteiger partial charge on any atom is -0.324 e. The number of hydrogen-bond donors (Lipinski definition) is 1. The van der Waals surface area contributed by atoms with Gasteiger partial charge in [0.05, 0.1) is 0 Å². The molecule has 0 saturated heterocycles. The lowest BCUT2D eigenvalue weighted by Crippen LogP contribution is -2.35. The summed E-state index contributed by atoms with van der Waals surface area (Å²) >= 11 is 0. The second-order valence-electron chi connectivity index (χ2n) is 4.58. The topological polar surface area (TPSA) is 62.3 Å². The molecule has 2 heterocycles. The molecule has 2 amide bonds. The van der Waals surface area contributed by atoms with Gasteiger partial charge in [-0.05, 0) is 23.8 Å². The Morgan fingerprint density at radius 3 is 2.70 bits per heavy atom. The molecule has 0 fully saturated rings. The maximum Gasteiger partial charge on any atom is 0.273 e. The highest BCUT2D eigenvalue weighted by molar-refractivity contribution is 5.99. The van der Waals surface area contributed by atoms with Crippen LogP contribution in [-0.4, -0.2) is 28.2 Å². The quantitative estimate of drug-likeness (QED) is 0.855. The first kappa shape index (κ1) is 12.3. The number of anilines is 1. The van der Waals surface area contributed by atoms with Crippen LogP contribution in [0.15, 0.2) is 48.7 Å². The zero-order valence-electron chi connectivity index (χ0n) is 10.7. The molecule has 0 aliphatic carbocycles. The summed E-state index contributed by atoms with van der Waals surface area (Å²) in [5, 5.41) is 2.81. The molecule has 5 heteroatoms. The number of amides is 2. The number of nitrogens with one attached hydrogen (secondary N) is 1. The van der Waals surface area contributed by atoms with Crippen molar-refractivity contribution < 1.29 is 9.59 Å². The van der Waals surface area contributed by atoms with Crippen LogP contribution in [0.2, 0.25) is 0 Å². The Morgan fingerprint density at radius 1 is 1.10 bits per heavy atom. The van der Waals surface area contributed by atoms with Crippen LogP contribution in [-0.2, 0) is 11.3 Å².